The van der Waals surface area contributed by atoms with Gasteiger partial charge in [0.15, 0.2) is 17.1 Å². The first-order valence-corrected chi connectivity index (χ1v) is 8.33. The van der Waals surface area contributed by atoms with Crippen LogP contribution in [0, 0.1) is 0 Å². The normalized spacial score (nSPS) is 15.6. The van der Waals surface area contributed by atoms with Gasteiger partial charge in [-0.2, -0.15) is 13.9 Å². The molecule has 1 fully saturated rings. The lowest BCUT2D eigenvalue weighted by molar-refractivity contribution is 0.0725. The predicted octanol–water partition coefficient (Wildman–Crippen LogP) is 2.32. The number of nitrogens with one attached hydrogen (secondary N) is 1. The Balaban J connectivity index is 1.82. The highest BCUT2D eigenvalue weighted by Crippen LogP contribution is 2.34. The second kappa shape index (κ2) is 6.33. The topological polar surface area (TPSA) is 75.7 Å². The van der Waals surface area contributed by atoms with Gasteiger partial charge in [0.2, 0.25) is 0 Å². The number of carbonyl (C=O) groups is 1. The van der Waals surface area contributed by atoms with E-state index < -0.39 is 11.1 Å². The fraction of sp³-hybridized carbons (Fsp3) is 0.312. The Kier molecular flexibility index (Phi) is 4.12. The third-order valence-electron chi connectivity index (χ3n) is 4.11. The molecule has 1 aliphatic rings. The van der Waals surface area contributed by atoms with Crippen molar-refractivity contribution in [2.24, 2.45) is 0 Å². The summed E-state index contributed by atoms with van der Waals surface area (Å²) in [7, 11) is 0. The van der Waals surface area contributed by atoms with Crippen LogP contribution in [0.4, 0.5) is 8.78 Å². The minimum atomic E-state index is -3.69. The van der Waals surface area contributed by atoms with Gasteiger partial charge in [-0.1, -0.05) is 0 Å². The van der Waals surface area contributed by atoms with Crippen molar-refractivity contribution < 1.29 is 18.0 Å². The van der Waals surface area contributed by atoms with Crippen LogP contribution in [0.1, 0.15) is 16.2 Å². The molecule has 26 heavy (non-hydrogen) atoms. The van der Waals surface area contributed by atoms with Gasteiger partial charge in [-0.25, -0.2) is 9.50 Å². The Morgan fingerprint density at radius 1 is 1.31 bits per heavy atom. The van der Waals surface area contributed by atoms with E-state index in [2.05, 4.69) is 15.4 Å². The highest BCUT2D eigenvalue weighted by molar-refractivity contribution is 6.21. The average molecular weight is 382 g/mol. The molecule has 1 aliphatic heterocycles. The highest BCUT2D eigenvalue weighted by atomic mass is 35.5. The zero-order valence-electron chi connectivity index (χ0n) is 13.5. The van der Waals surface area contributed by atoms with Gasteiger partial charge in [-0.05, 0) is 29.8 Å². The van der Waals surface area contributed by atoms with Crippen molar-refractivity contribution in [2.45, 2.75) is 5.38 Å². The minimum Gasteiger partial charge on any atom is -0.463 e. The van der Waals surface area contributed by atoms with Crippen LogP contribution in [-0.4, -0.2) is 51.6 Å². The van der Waals surface area contributed by atoms with E-state index >= 15 is 0 Å². The van der Waals surface area contributed by atoms with Crippen LogP contribution in [0.3, 0.4) is 0 Å². The molecule has 0 saturated carbocycles. The van der Waals surface area contributed by atoms with Gasteiger partial charge in [0, 0.05) is 32.2 Å². The number of nitrogens with zero attached hydrogens (tertiary/aromatic N) is 4. The van der Waals surface area contributed by atoms with Crippen LogP contribution in [0.2, 0.25) is 0 Å². The molecule has 1 saturated heterocycles. The van der Waals surface area contributed by atoms with Crippen LogP contribution in [-0.2, 0) is 5.38 Å². The predicted molar refractivity (Wildman–Crippen MR) is 89.2 cm³/mol. The van der Waals surface area contributed by atoms with Crippen molar-refractivity contribution in [1.82, 2.24) is 24.8 Å². The van der Waals surface area contributed by atoms with E-state index in [1.165, 1.54) is 12.3 Å². The first-order valence-electron chi connectivity index (χ1n) is 7.95. The summed E-state index contributed by atoms with van der Waals surface area (Å²) in [5.41, 5.74) is -0.278. The number of hydrogen-bond donors (Lipinski definition) is 1. The molecule has 0 aliphatic carbocycles. The lowest BCUT2D eigenvalue weighted by atomic mass is 10.2. The third kappa shape index (κ3) is 3.04. The number of carbonyl (C=O) groups excluding carboxylic acids is 1. The van der Waals surface area contributed by atoms with E-state index in [1.807, 2.05) is 0 Å². The molecular formula is C16H14ClF2N5O2. The summed E-state index contributed by atoms with van der Waals surface area (Å²) in [5, 5.41) is 3.47. The smallest absolute Gasteiger partial charge is 0.364 e. The number of fused-ring (bicyclic) bond motifs is 1. The number of aromatic nitrogens is 3. The average Bonchev–Trinajstić information content (AvgIpc) is 3.29. The summed E-state index contributed by atoms with van der Waals surface area (Å²) in [6.07, 6.45) is 1.41. The Labute approximate surface area is 151 Å². The zero-order chi connectivity index (χ0) is 18.3. The van der Waals surface area contributed by atoms with Crippen molar-refractivity contribution in [2.75, 3.05) is 26.2 Å². The molecule has 1 amide bonds. The fourth-order valence-electron chi connectivity index (χ4n) is 2.86. The lowest BCUT2D eigenvalue weighted by Crippen LogP contribution is -2.46. The number of hydrogen-bond acceptors (Lipinski definition) is 5. The maximum absolute atomic E-state index is 13.9. The molecule has 0 radical (unpaired) electrons. The van der Waals surface area contributed by atoms with Crippen molar-refractivity contribution in [1.29, 1.82) is 0 Å². The van der Waals surface area contributed by atoms with Gasteiger partial charge in [0.1, 0.15) is 11.4 Å². The first kappa shape index (κ1) is 16.9. The first-order chi connectivity index (χ1) is 12.4. The quantitative estimate of drug-likeness (QED) is 0.705. The van der Waals surface area contributed by atoms with Crippen LogP contribution < -0.4 is 5.32 Å². The Morgan fingerprint density at radius 3 is 2.73 bits per heavy atom. The van der Waals surface area contributed by atoms with E-state index in [0.29, 0.717) is 31.9 Å². The summed E-state index contributed by atoms with van der Waals surface area (Å²) >= 11 is 5.25. The minimum absolute atomic E-state index is 0.0400. The van der Waals surface area contributed by atoms with Gasteiger partial charge in [-0.15, -0.1) is 0 Å². The molecule has 10 heteroatoms. The van der Waals surface area contributed by atoms with Crippen LogP contribution >= 0.6 is 11.6 Å². The summed E-state index contributed by atoms with van der Waals surface area (Å²) in [5.74, 6) is -0.0220. The molecule has 4 heterocycles. The zero-order valence-corrected chi connectivity index (χ0v) is 14.2. The van der Waals surface area contributed by atoms with E-state index in [9.17, 15) is 13.6 Å². The van der Waals surface area contributed by atoms with E-state index in [-0.39, 0.29) is 22.9 Å². The largest absolute Gasteiger partial charge is 0.463 e. The van der Waals surface area contributed by atoms with Crippen LogP contribution in [0.25, 0.3) is 17.1 Å². The number of rotatable bonds is 3. The van der Waals surface area contributed by atoms with Crippen LogP contribution in [0.5, 0.6) is 0 Å². The molecule has 0 unspecified atom stereocenters. The second-order valence-electron chi connectivity index (χ2n) is 5.84. The molecule has 0 spiro atoms. The standard InChI is InChI=1S/C16H14ClF2N5O2/c17-16(18,19)13-8-10(12-2-1-7-26-12)21-14-9-11(22-24(13)14)15(25)23-5-3-20-4-6-23/h1-2,7-9,20H,3-6H2. The maximum Gasteiger partial charge on any atom is 0.364 e. The molecule has 136 valence electrons. The Bertz CT molecular complexity index is 946. The summed E-state index contributed by atoms with van der Waals surface area (Å²) in [6, 6.07) is 5.70. The Hall–Kier alpha value is -2.52. The van der Waals surface area contributed by atoms with Gasteiger partial charge < -0.3 is 14.6 Å². The number of halogens is 3. The molecule has 0 aromatic carbocycles. The molecule has 0 atom stereocenters. The molecule has 4 rings (SSSR count). The molecule has 1 N–H and O–H groups in total. The van der Waals surface area contributed by atoms with Gasteiger partial charge in [0.05, 0.1) is 6.26 Å². The highest BCUT2D eigenvalue weighted by Gasteiger charge is 2.34. The number of furan rings is 1. The summed E-state index contributed by atoms with van der Waals surface area (Å²) in [4.78, 5) is 18.5. The Morgan fingerprint density at radius 2 is 2.08 bits per heavy atom. The van der Waals surface area contributed by atoms with E-state index in [1.54, 1.807) is 17.0 Å². The fourth-order valence-corrected chi connectivity index (χ4v) is 3.00. The molecule has 3 aromatic heterocycles. The van der Waals surface area contributed by atoms with Crippen molar-refractivity contribution in [3.63, 3.8) is 0 Å². The second-order valence-corrected chi connectivity index (χ2v) is 6.32. The molecule has 0 bridgehead atoms. The SMILES string of the molecule is O=C(c1cc2nc(-c3ccco3)cc(C(F)(F)Cl)n2n1)N1CCNCC1. The van der Waals surface area contributed by atoms with Crippen LogP contribution in [0.15, 0.2) is 34.9 Å². The lowest BCUT2D eigenvalue weighted by Gasteiger charge is -2.26. The van der Waals surface area contributed by atoms with Gasteiger partial charge >= 0.3 is 5.38 Å². The summed E-state index contributed by atoms with van der Waals surface area (Å²) in [6.45, 7) is 2.39. The number of piperazine rings is 1. The number of alkyl halides is 3. The summed E-state index contributed by atoms with van der Waals surface area (Å²) < 4.78 is 33.9. The molecular weight excluding hydrogens is 368 g/mol. The van der Waals surface area contributed by atoms with E-state index in [0.717, 1.165) is 10.6 Å². The molecule has 7 nitrogen and oxygen atoms in total. The van der Waals surface area contributed by atoms with Gasteiger partial charge in [0.25, 0.3) is 5.91 Å². The van der Waals surface area contributed by atoms with Crippen molar-refractivity contribution in [3.8, 4) is 11.5 Å². The van der Waals surface area contributed by atoms with Gasteiger partial charge in [-0.3, -0.25) is 4.79 Å². The van der Waals surface area contributed by atoms with Crippen molar-refractivity contribution in [3.05, 3.63) is 41.9 Å². The van der Waals surface area contributed by atoms with E-state index in [4.69, 9.17) is 16.0 Å². The van der Waals surface area contributed by atoms with Crippen molar-refractivity contribution >= 4 is 23.2 Å². The maximum atomic E-state index is 13.9. The third-order valence-corrected chi connectivity index (χ3v) is 4.31. The number of amides is 1. The molecule has 3 aromatic rings. The monoisotopic (exact) mass is 381 g/mol.